The molecule has 0 saturated heterocycles. The SMILES string of the molecule is CCCCCCCC/C=C\CCCCCCCC(=O)NC(CO)C(O)/C=C/CC/C=C/CCCCCCCCCCCCCC. The number of allylic oxidation sites excluding steroid dienone is 5. The maximum absolute atomic E-state index is 12.3. The first-order valence-corrected chi connectivity index (χ1v) is 19.7. The number of amides is 1. The maximum atomic E-state index is 12.3. The average Bonchev–Trinajstić information content (AvgIpc) is 3.04. The van der Waals surface area contributed by atoms with E-state index in [1.165, 1.54) is 135 Å². The lowest BCUT2D eigenvalue weighted by Gasteiger charge is -2.19. The molecule has 0 spiro atoms. The zero-order valence-corrected chi connectivity index (χ0v) is 30.1. The number of hydrogen-bond donors (Lipinski definition) is 3. The standard InChI is InChI=1S/C41H77NO3/c1-3-5-7-9-11-13-15-17-19-20-21-23-24-26-28-30-32-34-36-40(44)39(38-43)42-41(45)37-35-33-31-29-27-25-22-18-16-14-12-10-8-6-4-2/h18,22,26,28,34,36,39-40,43-44H,3-17,19-21,23-25,27,29-33,35,37-38H2,1-2H3,(H,42,45)/b22-18-,28-26+,36-34+. The van der Waals surface area contributed by atoms with Gasteiger partial charge in [-0.05, 0) is 57.8 Å². The van der Waals surface area contributed by atoms with E-state index in [4.69, 9.17) is 0 Å². The van der Waals surface area contributed by atoms with Gasteiger partial charge in [0.1, 0.15) is 0 Å². The molecule has 0 aromatic heterocycles. The maximum Gasteiger partial charge on any atom is 0.220 e. The van der Waals surface area contributed by atoms with Crippen LogP contribution in [-0.2, 0) is 4.79 Å². The van der Waals surface area contributed by atoms with Gasteiger partial charge in [0.2, 0.25) is 5.91 Å². The fraction of sp³-hybridized carbons (Fsp3) is 0.829. The fourth-order valence-electron chi connectivity index (χ4n) is 5.78. The number of unbranched alkanes of at least 4 members (excludes halogenated alkanes) is 24. The molecule has 0 aromatic rings. The molecule has 0 radical (unpaired) electrons. The van der Waals surface area contributed by atoms with Gasteiger partial charge in [-0.25, -0.2) is 0 Å². The summed E-state index contributed by atoms with van der Waals surface area (Å²) in [6, 6.07) is -0.641. The molecule has 0 aliphatic heterocycles. The zero-order chi connectivity index (χ0) is 32.9. The van der Waals surface area contributed by atoms with Gasteiger partial charge in [-0.15, -0.1) is 0 Å². The number of nitrogens with one attached hydrogen (secondary N) is 1. The fourth-order valence-corrected chi connectivity index (χ4v) is 5.78. The molecular weight excluding hydrogens is 554 g/mol. The Kier molecular flexibility index (Phi) is 35.9. The molecule has 4 nitrogen and oxygen atoms in total. The first kappa shape index (κ1) is 43.6. The second-order valence-electron chi connectivity index (χ2n) is 13.3. The average molecular weight is 632 g/mol. The van der Waals surface area contributed by atoms with Crippen molar-refractivity contribution in [2.75, 3.05) is 6.61 Å². The monoisotopic (exact) mass is 632 g/mol. The molecule has 0 rings (SSSR count). The van der Waals surface area contributed by atoms with E-state index < -0.39 is 12.1 Å². The number of hydrogen-bond acceptors (Lipinski definition) is 3. The van der Waals surface area contributed by atoms with Gasteiger partial charge in [-0.3, -0.25) is 4.79 Å². The predicted molar refractivity (Wildman–Crippen MR) is 198 cm³/mol. The molecule has 4 heteroatoms. The van der Waals surface area contributed by atoms with E-state index in [0.29, 0.717) is 6.42 Å². The van der Waals surface area contributed by atoms with Crippen molar-refractivity contribution in [3.63, 3.8) is 0 Å². The van der Waals surface area contributed by atoms with E-state index in [-0.39, 0.29) is 12.5 Å². The normalized spacial score (nSPS) is 13.4. The molecule has 0 aromatic carbocycles. The van der Waals surface area contributed by atoms with Gasteiger partial charge in [-0.1, -0.05) is 172 Å². The summed E-state index contributed by atoms with van der Waals surface area (Å²) in [5.74, 6) is -0.0835. The minimum Gasteiger partial charge on any atom is -0.394 e. The van der Waals surface area contributed by atoms with Crippen LogP contribution in [0.25, 0.3) is 0 Å². The first-order chi connectivity index (χ1) is 22.2. The predicted octanol–water partition coefficient (Wildman–Crippen LogP) is 11.8. The highest BCUT2D eigenvalue weighted by atomic mass is 16.3. The van der Waals surface area contributed by atoms with Gasteiger partial charge < -0.3 is 15.5 Å². The Morgan fingerprint density at radius 3 is 1.29 bits per heavy atom. The van der Waals surface area contributed by atoms with Gasteiger partial charge in [0.25, 0.3) is 0 Å². The van der Waals surface area contributed by atoms with Crippen LogP contribution in [-0.4, -0.2) is 34.9 Å². The molecule has 0 aliphatic rings. The third kappa shape index (κ3) is 33.8. The Morgan fingerprint density at radius 2 is 0.867 bits per heavy atom. The van der Waals surface area contributed by atoms with Crippen molar-refractivity contribution >= 4 is 5.91 Å². The van der Waals surface area contributed by atoms with Crippen LogP contribution in [0.1, 0.15) is 200 Å². The summed E-state index contributed by atoms with van der Waals surface area (Å²) < 4.78 is 0. The Hall–Kier alpha value is -1.39. The van der Waals surface area contributed by atoms with E-state index in [1.54, 1.807) is 6.08 Å². The van der Waals surface area contributed by atoms with Crippen LogP contribution in [0, 0.1) is 0 Å². The van der Waals surface area contributed by atoms with Crippen LogP contribution in [0.2, 0.25) is 0 Å². The lowest BCUT2D eigenvalue weighted by Crippen LogP contribution is -2.45. The van der Waals surface area contributed by atoms with Crippen molar-refractivity contribution in [3.05, 3.63) is 36.5 Å². The van der Waals surface area contributed by atoms with Crippen LogP contribution in [0.4, 0.5) is 0 Å². The van der Waals surface area contributed by atoms with Crippen molar-refractivity contribution in [1.82, 2.24) is 5.32 Å². The highest BCUT2D eigenvalue weighted by Gasteiger charge is 2.17. The van der Waals surface area contributed by atoms with Gasteiger partial charge in [0.15, 0.2) is 0 Å². The number of rotatable bonds is 35. The van der Waals surface area contributed by atoms with Crippen molar-refractivity contribution in [2.24, 2.45) is 0 Å². The molecule has 1 amide bonds. The Labute approximate surface area is 281 Å². The quantitative estimate of drug-likeness (QED) is 0.0481. The lowest BCUT2D eigenvalue weighted by atomic mass is 10.0. The van der Waals surface area contributed by atoms with Crippen molar-refractivity contribution in [2.45, 2.75) is 212 Å². The minimum absolute atomic E-state index is 0.0835. The van der Waals surface area contributed by atoms with Crippen LogP contribution in [0.3, 0.4) is 0 Å². The Bertz CT molecular complexity index is 686. The summed E-state index contributed by atoms with van der Waals surface area (Å²) in [7, 11) is 0. The zero-order valence-electron chi connectivity index (χ0n) is 30.1. The molecular formula is C41H77NO3. The summed E-state index contributed by atoms with van der Waals surface area (Å²) >= 11 is 0. The highest BCUT2D eigenvalue weighted by Crippen LogP contribution is 2.13. The number of aliphatic hydroxyl groups excluding tert-OH is 2. The van der Waals surface area contributed by atoms with E-state index in [9.17, 15) is 15.0 Å². The number of carbonyl (C=O) groups is 1. The van der Waals surface area contributed by atoms with E-state index >= 15 is 0 Å². The summed E-state index contributed by atoms with van der Waals surface area (Å²) in [4.78, 5) is 12.3. The third-order valence-electron chi connectivity index (χ3n) is 8.85. The lowest BCUT2D eigenvalue weighted by molar-refractivity contribution is -0.123. The summed E-state index contributed by atoms with van der Waals surface area (Å²) in [6.07, 6.45) is 48.1. The van der Waals surface area contributed by atoms with Crippen LogP contribution >= 0.6 is 0 Å². The largest absolute Gasteiger partial charge is 0.394 e. The smallest absolute Gasteiger partial charge is 0.220 e. The van der Waals surface area contributed by atoms with Gasteiger partial charge >= 0.3 is 0 Å². The first-order valence-electron chi connectivity index (χ1n) is 19.7. The number of carbonyl (C=O) groups excluding carboxylic acids is 1. The molecule has 0 bridgehead atoms. The molecule has 2 atom stereocenters. The van der Waals surface area contributed by atoms with E-state index in [0.717, 1.165) is 44.9 Å². The molecule has 0 fully saturated rings. The molecule has 0 aliphatic carbocycles. The molecule has 264 valence electrons. The van der Waals surface area contributed by atoms with Crippen LogP contribution in [0.15, 0.2) is 36.5 Å². The third-order valence-corrected chi connectivity index (χ3v) is 8.85. The second-order valence-corrected chi connectivity index (χ2v) is 13.3. The van der Waals surface area contributed by atoms with Crippen LogP contribution < -0.4 is 5.32 Å². The molecule has 0 saturated carbocycles. The van der Waals surface area contributed by atoms with E-state index in [2.05, 4.69) is 43.5 Å². The van der Waals surface area contributed by atoms with Gasteiger partial charge in [0.05, 0.1) is 18.8 Å². The summed E-state index contributed by atoms with van der Waals surface area (Å²) in [5, 5.41) is 22.9. The van der Waals surface area contributed by atoms with Gasteiger partial charge in [0, 0.05) is 6.42 Å². The van der Waals surface area contributed by atoms with Gasteiger partial charge in [-0.2, -0.15) is 0 Å². The highest BCUT2D eigenvalue weighted by molar-refractivity contribution is 5.76. The summed E-state index contributed by atoms with van der Waals surface area (Å²) in [6.45, 7) is 4.28. The van der Waals surface area contributed by atoms with Crippen molar-refractivity contribution in [1.29, 1.82) is 0 Å². The molecule has 0 heterocycles. The Morgan fingerprint density at radius 1 is 0.511 bits per heavy atom. The van der Waals surface area contributed by atoms with Crippen molar-refractivity contribution < 1.29 is 15.0 Å². The summed E-state index contributed by atoms with van der Waals surface area (Å²) in [5.41, 5.74) is 0. The van der Waals surface area contributed by atoms with E-state index in [1.807, 2.05) is 6.08 Å². The number of aliphatic hydroxyl groups is 2. The Balaban J connectivity index is 3.66. The van der Waals surface area contributed by atoms with Crippen molar-refractivity contribution in [3.8, 4) is 0 Å². The second kappa shape index (κ2) is 37.1. The molecule has 45 heavy (non-hydrogen) atoms. The molecule has 2 unspecified atom stereocenters. The van der Waals surface area contributed by atoms with Crippen LogP contribution in [0.5, 0.6) is 0 Å². The topological polar surface area (TPSA) is 69.6 Å². The molecule has 3 N–H and O–H groups in total. The minimum atomic E-state index is -0.863.